The molecule has 1 aromatic carbocycles. The van der Waals surface area contributed by atoms with Gasteiger partial charge in [-0.05, 0) is 56.8 Å². The molecule has 1 aliphatic carbocycles. The number of anilines is 2. The first kappa shape index (κ1) is 16.1. The van der Waals surface area contributed by atoms with E-state index in [2.05, 4.69) is 17.1 Å². The highest BCUT2D eigenvalue weighted by Crippen LogP contribution is 2.26. The van der Waals surface area contributed by atoms with Crippen molar-refractivity contribution in [2.24, 2.45) is 5.92 Å². The molecular formula is C16H24ClN3O. The number of amides is 1. The number of nitrogen functional groups attached to an aromatic ring is 1. The summed E-state index contributed by atoms with van der Waals surface area (Å²) in [7, 11) is 2.02. The highest BCUT2D eigenvalue weighted by Gasteiger charge is 2.23. The molecule has 0 aromatic heterocycles. The Morgan fingerprint density at radius 2 is 2.05 bits per heavy atom. The number of rotatable bonds is 4. The summed E-state index contributed by atoms with van der Waals surface area (Å²) in [6, 6.07) is 5.59. The molecule has 5 heteroatoms. The van der Waals surface area contributed by atoms with E-state index < -0.39 is 0 Å². The molecule has 2 rings (SSSR count). The summed E-state index contributed by atoms with van der Waals surface area (Å²) in [5.74, 6) is 0.764. The highest BCUT2D eigenvalue weighted by molar-refractivity contribution is 6.31. The SMILES string of the molecule is CC1CCC(N(C)CC(=O)Nc2cc(Cl)ccc2N)CC1. The zero-order valence-electron chi connectivity index (χ0n) is 12.7. The Hall–Kier alpha value is -1.26. The maximum absolute atomic E-state index is 12.1. The van der Waals surface area contributed by atoms with Gasteiger partial charge in [-0.25, -0.2) is 0 Å². The van der Waals surface area contributed by atoms with Crippen molar-refractivity contribution in [1.82, 2.24) is 4.90 Å². The molecule has 0 aliphatic heterocycles. The second-order valence-corrected chi connectivity index (χ2v) is 6.54. The molecular weight excluding hydrogens is 286 g/mol. The minimum Gasteiger partial charge on any atom is -0.397 e. The van der Waals surface area contributed by atoms with Crippen LogP contribution in [0.1, 0.15) is 32.6 Å². The van der Waals surface area contributed by atoms with Crippen molar-refractivity contribution in [3.63, 3.8) is 0 Å². The van der Waals surface area contributed by atoms with Crippen LogP contribution in [0.25, 0.3) is 0 Å². The summed E-state index contributed by atoms with van der Waals surface area (Å²) in [6.07, 6.45) is 4.84. The molecule has 3 N–H and O–H groups in total. The van der Waals surface area contributed by atoms with Crippen molar-refractivity contribution >= 4 is 28.9 Å². The number of benzene rings is 1. The van der Waals surface area contributed by atoms with Crippen LogP contribution in [0.2, 0.25) is 5.02 Å². The van der Waals surface area contributed by atoms with Gasteiger partial charge >= 0.3 is 0 Å². The van der Waals surface area contributed by atoms with Crippen molar-refractivity contribution in [2.75, 3.05) is 24.6 Å². The van der Waals surface area contributed by atoms with Crippen LogP contribution < -0.4 is 11.1 Å². The maximum atomic E-state index is 12.1. The second-order valence-electron chi connectivity index (χ2n) is 6.11. The van der Waals surface area contributed by atoms with Crippen LogP contribution in [0.4, 0.5) is 11.4 Å². The third kappa shape index (κ3) is 4.61. The third-order valence-electron chi connectivity index (χ3n) is 4.29. The molecule has 1 aromatic rings. The van der Waals surface area contributed by atoms with Gasteiger partial charge in [-0.15, -0.1) is 0 Å². The molecule has 0 heterocycles. The molecule has 1 fully saturated rings. The number of hydrogen-bond acceptors (Lipinski definition) is 3. The summed E-state index contributed by atoms with van der Waals surface area (Å²) < 4.78 is 0. The first-order valence-electron chi connectivity index (χ1n) is 7.51. The molecule has 4 nitrogen and oxygen atoms in total. The number of halogens is 1. The van der Waals surface area contributed by atoms with Gasteiger partial charge in [-0.2, -0.15) is 0 Å². The van der Waals surface area contributed by atoms with Crippen LogP contribution in [0.3, 0.4) is 0 Å². The van der Waals surface area contributed by atoms with E-state index in [-0.39, 0.29) is 5.91 Å². The van der Waals surface area contributed by atoms with Crippen molar-refractivity contribution in [1.29, 1.82) is 0 Å². The molecule has 0 bridgehead atoms. The number of carbonyl (C=O) groups is 1. The zero-order valence-corrected chi connectivity index (χ0v) is 13.5. The monoisotopic (exact) mass is 309 g/mol. The van der Waals surface area contributed by atoms with Gasteiger partial charge in [0.15, 0.2) is 0 Å². The number of nitrogens with zero attached hydrogens (tertiary/aromatic N) is 1. The predicted molar refractivity (Wildman–Crippen MR) is 88.5 cm³/mol. The standard InChI is InChI=1S/C16H24ClN3O/c1-11-3-6-13(7-4-11)20(2)10-16(21)19-15-9-12(17)5-8-14(15)18/h5,8-9,11,13H,3-4,6-7,10,18H2,1-2H3,(H,19,21). The molecule has 1 amide bonds. The first-order chi connectivity index (χ1) is 9.95. The van der Waals surface area contributed by atoms with Crippen LogP contribution in [-0.2, 0) is 4.79 Å². The van der Waals surface area contributed by atoms with Crippen molar-refractivity contribution < 1.29 is 4.79 Å². The van der Waals surface area contributed by atoms with Gasteiger partial charge in [0.1, 0.15) is 0 Å². The number of nitrogens with one attached hydrogen (secondary N) is 1. The zero-order chi connectivity index (χ0) is 15.4. The molecule has 0 spiro atoms. The van der Waals surface area contributed by atoms with Crippen LogP contribution in [0, 0.1) is 5.92 Å². The Bertz CT molecular complexity index is 498. The lowest BCUT2D eigenvalue weighted by atomic mass is 9.87. The van der Waals surface area contributed by atoms with Crippen LogP contribution in [0.15, 0.2) is 18.2 Å². The summed E-state index contributed by atoms with van der Waals surface area (Å²) in [5, 5.41) is 3.40. The smallest absolute Gasteiger partial charge is 0.238 e. The fourth-order valence-corrected chi connectivity index (χ4v) is 3.04. The predicted octanol–water partition coefficient (Wildman–Crippen LogP) is 3.37. The third-order valence-corrected chi connectivity index (χ3v) is 4.53. The quantitative estimate of drug-likeness (QED) is 0.838. The molecule has 0 unspecified atom stereocenters. The molecule has 1 aliphatic rings. The lowest BCUT2D eigenvalue weighted by Crippen LogP contribution is -2.39. The van der Waals surface area contributed by atoms with E-state index in [0.717, 1.165) is 5.92 Å². The lowest BCUT2D eigenvalue weighted by Gasteiger charge is -2.33. The van der Waals surface area contributed by atoms with E-state index in [9.17, 15) is 4.79 Å². The summed E-state index contributed by atoms with van der Waals surface area (Å²) >= 11 is 5.92. The van der Waals surface area contributed by atoms with E-state index in [1.165, 1.54) is 25.7 Å². The molecule has 0 atom stereocenters. The van der Waals surface area contributed by atoms with Gasteiger partial charge < -0.3 is 11.1 Å². The summed E-state index contributed by atoms with van der Waals surface area (Å²) in [5.41, 5.74) is 6.95. The minimum absolute atomic E-state index is 0.0508. The van der Waals surface area contributed by atoms with Crippen molar-refractivity contribution in [3.8, 4) is 0 Å². The second kappa shape index (κ2) is 7.14. The molecule has 116 valence electrons. The van der Waals surface area contributed by atoms with Crippen LogP contribution in [-0.4, -0.2) is 30.4 Å². The molecule has 0 radical (unpaired) electrons. The largest absolute Gasteiger partial charge is 0.397 e. The fourth-order valence-electron chi connectivity index (χ4n) is 2.87. The maximum Gasteiger partial charge on any atom is 0.238 e. The van der Waals surface area contributed by atoms with Crippen molar-refractivity contribution in [3.05, 3.63) is 23.2 Å². The Morgan fingerprint density at radius 3 is 2.71 bits per heavy atom. The lowest BCUT2D eigenvalue weighted by molar-refractivity contribution is -0.117. The first-order valence-corrected chi connectivity index (χ1v) is 7.88. The Morgan fingerprint density at radius 1 is 1.38 bits per heavy atom. The highest BCUT2D eigenvalue weighted by atomic mass is 35.5. The van der Waals surface area contributed by atoms with Gasteiger partial charge in [-0.3, -0.25) is 9.69 Å². The van der Waals surface area contributed by atoms with Gasteiger partial charge in [0.05, 0.1) is 17.9 Å². The Labute approximate surface area is 131 Å². The van der Waals surface area contributed by atoms with E-state index in [1.54, 1.807) is 18.2 Å². The number of hydrogen-bond donors (Lipinski definition) is 2. The van der Waals surface area contributed by atoms with Crippen molar-refractivity contribution in [2.45, 2.75) is 38.6 Å². The van der Waals surface area contributed by atoms with Crippen LogP contribution in [0.5, 0.6) is 0 Å². The average Bonchev–Trinajstić information content (AvgIpc) is 2.43. The summed E-state index contributed by atoms with van der Waals surface area (Å²) in [6.45, 7) is 2.68. The molecule has 0 saturated heterocycles. The topological polar surface area (TPSA) is 58.4 Å². The summed E-state index contributed by atoms with van der Waals surface area (Å²) in [4.78, 5) is 14.3. The average molecular weight is 310 g/mol. The van der Waals surface area contributed by atoms with E-state index in [4.69, 9.17) is 17.3 Å². The Kier molecular flexibility index (Phi) is 5.48. The van der Waals surface area contributed by atoms with E-state index in [1.807, 2.05) is 7.05 Å². The number of likely N-dealkylation sites (N-methyl/N-ethyl adjacent to an activating group) is 1. The van der Waals surface area contributed by atoms with Gasteiger partial charge in [0.25, 0.3) is 0 Å². The molecule has 1 saturated carbocycles. The minimum atomic E-state index is -0.0508. The van der Waals surface area contributed by atoms with Crippen LogP contribution >= 0.6 is 11.6 Å². The Balaban J connectivity index is 1.88. The fraction of sp³-hybridized carbons (Fsp3) is 0.562. The van der Waals surface area contributed by atoms with E-state index >= 15 is 0 Å². The van der Waals surface area contributed by atoms with E-state index in [0.29, 0.717) is 29.0 Å². The number of nitrogens with two attached hydrogens (primary N) is 1. The normalized spacial score (nSPS) is 22.3. The number of carbonyl (C=O) groups excluding carboxylic acids is 1. The van der Waals surface area contributed by atoms with Gasteiger partial charge in [0, 0.05) is 11.1 Å². The van der Waals surface area contributed by atoms with Gasteiger partial charge in [0.2, 0.25) is 5.91 Å². The molecule has 21 heavy (non-hydrogen) atoms. The van der Waals surface area contributed by atoms with Gasteiger partial charge in [-0.1, -0.05) is 18.5 Å².